The zero-order chi connectivity index (χ0) is 14.7. The molecule has 21 heavy (non-hydrogen) atoms. The van der Waals surface area contributed by atoms with Gasteiger partial charge in [0.05, 0.1) is 11.4 Å². The maximum absolute atomic E-state index is 9.16. The molecule has 0 saturated carbocycles. The van der Waals surface area contributed by atoms with Crippen LogP contribution in [0.2, 0.25) is 0 Å². The second-order valence-electron chi connectivity index (χ2n) is 5.08. The molecule has 2 aromatic heterocycles. The summed E-state index contributed by atoms with van der Waals surface area (Å²) in [4.78, 5) is 6.27. The van der Waals surface area contributed by atoms with Crippen LogP contribution in [0, 0.1) is 0 Å². The van der Waals surface area contributed by atoms with Crippen molar-refractivity contribution in [3.63, 3.8) is 0 Å². The highest BCUT2D eigenvalue weighted by Gasteiger charge is 2.20. The molecule has 0 atom stereocenters. The highest BCUT2D eigenvalue weighted by atomic mass is 16.4. The van der Waals surface area contributed by atoms with E-state index in [2.05, 4.69) is 15.0 Å². The molecule has 0 fully saturated rings. The molecule has 2 aromatic rings. The van der Waals surface area contributed by atoms with Crippen LogP contribution in [-0.2, 0) is 6.54 Å². The Morgan fingerprint density at radius 1 is 1.14 bits per heavy atom. The Morgan fingerprint density at radius 3 is 2.62 bits per heavy atom. The zero-order valence-electron chi connectivity index (χ0n) is 11.6. The molecule has 1 aliphatic heterocycles. The van der Waals surface area contributed by atoms with E-state index in [1.165, 1.54) is 0 Å². The third-order valence-electron chi connectivity index (χ3n) is 3.67. The molecule has 1 aliphatic rings. The number of aromatic nitrogens is 3. The van der Waals surface area contributed by atoms with E-state index in [1.54, 1.807) is 18.6 Å². The highest BCUT2D eigenvalue weighted by Crippen LogP contribution is 2.16. The molecule has 0 saturated heterocycles. The molecule has 0 unspecified atom stereocenters. The van der Waals surface area contributed by atoms with Crippen LogP contribution in [0.25, 0.3) is 5.69 Å². The summed E-state index contributed by atoms with van der Waals surface area (Å²) in [6.45, 7) is 2.30. The van der Waals surface area contributed by atoms with Gasteiger partial charge in [-0.05, 0) is 30.1 Å². The van der Waals surface area contributed by atoms with Gasteiger partial charge in [0.2, 0.25) is 0 Å². The minimum Gasteiger partial charge on any atom is -0.423 e. The Kier molecular flexibility index (Phi) is 4.14. The number of hydrogen-bond acceptors (Lipinski definition) is 5. The van der Waals surface area contributed by atoms with Crippen LogP contribution < -0.4 is 0 Å². The van der Waals surface area contributed by atoms with Gasteiger partial charge in [0, 0.05) is 38.2 Å². The molecule has 0 spiro atoms. The first-order valence-corrected chi connectivity index (χ1v) is 6.95. The summed E-state index contributed by atoms with van der Waals surface area (Å²) in [7, 11) is -1.32. The maximum atomic E-state index is 9.16. The van der Waals surface area contributed by atoms with Crippen LogP contribution in [-0.4, -0.2) is 49.9 Å². The maximum Gasteiger partial charge on any atom is 0.483 e. The molecule has 0 amide bonds. The number of nitrogens with zero attached hydrogens (tertiary/aromatic N) is 4. The van der Waals surface area contributed by atoms with Crippen LogP contribution in [0.4, 0.5) is 0 Å². The lowest BCUT2D eigenvalue weighted by Crippen LogP contribution is -2.32. The minimum atomic E-state index is -1.32. The normalized spacial score (nSPS) is 15.8. The molecular formula is C14H17BN4O2. The first-order valence-electron chi connectivity index (χ1n) is 6.95. The quantitative estimate of drug-likeness (QED) is 0.796. The summed E-state index contributed by atoms with van der Waals surface area (Å²) < 4.78 is 1.90. The van der Waals surface area contributed by atoms with E-state index in [-0.39, 0.29) is 0 Å². The molecule has 2 N–H and O–H groups in total. The van der Waals surface area contributed by atoms with Crippen molar-refractivity contribution in [2.75, 3.05) is 13.1 Å². The van der Waals surface area contributed by atoms with E-state index in [9.17, 15) is 0 Å². The van der Waals surface area contributed by atoms with Gasteiger partial charge >= 0.3 is 7.12 Å². The van der Waals surface area contributed by atoms with Crippen LogP contribution in [0.15, 0.2) is 48.3 Å². The lowest BCUT2D eigenvalue weighted by atomic mass is 9.76. The fourth-order valence-corrected chi connectivity index (χ4v) is 2.50. The monoisotopic (exact) mass is 284 g/mol. The molecule has 0 bridgehead atoms. The first-order chi connectivity index (χ1) is 10.2. The van der Waals surface area contributed by atoms with Crippen molar-refractivity contribution in [3.8, 4) is 5.69 Å². The zero-order valence-corrected chi connectivity index (χ0v) is 11.6. The second-order valence-corrected chi connectivity index (χ2v) is 5.08. The van der Waals surface area contributed by atoms with Gasteiger partial charge in [-0.2, -0.15) is 5.10 Å². The molecule has 3 heterocycles. The number of rotatable bonds is 4. The molecule has 0 aliphatic carbocycles. The minimum absolute atomic E-state index is 0.682. The van der Waals surface area contributed by atoms with Gasteiger partial charge in [0.15, 0.2) is 0 Å². The standard InChI is InChI=1S/C14H17BN4O2/c20-15(21)12-4-9-18(10-5-12)11-14-3-8-17-19(14)13-1-6-16-7-2-13/h1-4,6-8,20-21H,5,9-11H2. The van der Waals surface area contributed by atoms with E-state index in [0.29, 0.717) is 18.4 Å². The number of hydrogen-bond donors (Lipinski definition) is 2. The van der Waals surface area contributed by atoms with Gasteiger partial charge in [-0.3, -0.25) is 9.88 Å². The average molecular weight is 284 g/mol. The van der Waals surface area contributed by atoms with Gasteiger partial charge in [-0.1, -0.05) is 6.08 Å². The van der Waals surface area contributed by atoms with Crippen molar-refractivity contribution in [3.05, 3.63) is 54.0 Å². The smallest absolute Gasteiger partial charge is 0.423 e. The Balaban J connectivity index is 1.72. The van der Waals surface area contributed by atoms with Gasteiger partial charge in [0.25, 0.3) is 0 Å². The SMILES string of the molecule is OB(O)C1=CCN(Cc2ccnn2-c2ccncc2)CC1. The molecule has 0 aromatic carbocycles. The largest absolute Gasteiger partial charge is 0.483 e. The molecule has 6 nitrogen and oxygen atoms in total. The fraction of sp³-hybridized carbons (Fsp3) is 0.286. The summed E-state index contributed by atoms with van der Waals surface area (Å²) in [5, 5.41) is 22.7. The van der Waals surface area contributed by atoms with Gasteiger partial charge < -0.3 is 10.0 Å². The van der Waals surface area contributed by atoms with Crippen LogP contribution in [0.5, 0.6) is 0 Å². The molecule has 7 heteroatoms. The van der Waals surface area contributed by atoms with E-state index in [4.69, 9.17) is 10.0 Å². The molecule has 0 radical (unpaired) electrons. The highest BCUT2D eigenvalue weighted by molar-refractivity contribution is 6.50. The van der Waals surface area contributed by atoms with E-state index < -0.39 is 7.12 Å². The van der Waals surface area contributed by atoms with Crippen molar-refractivity contribution >= 4 is 7.12 Å². The summed E-state index contributed by atoms with van der Waals surface area (Å²) in [6, 6.07) is 5.85. The fourth-order valence-electron chi connectivity index (χ4n) is 2.50. The van der Waals surface area contributed by atoms with Crippen molar-refractivity contribution in [2.24, 2.45) is 0 Å². The van der Waals surface area contributed by atoms with E-state index in [0.717, 1.165) is 24.5 Å². The predicted octanol–water partition coefficient (Wildman–Crippen LogP) is 0.411. The second kappa shape index (κ2) is 6.21. The summed E-state index contributed by atoms with van der Waals surface area (Å²) in [5.74, 6) is 0. The van der Waals surface area contributed by atoms with Crippen molar-refractivity contribution < 1.29 is 10.0 Å². The summed E-state index contributed by atoms with van der Waals surface area (Å²) in [5.41, 5.74) is 2.79. The third kappa shape index (κ3) is 3.21. The Bertz CT molecular complexity index is 627. The topological polar surface area (TPSA) is 74.4 Å². The molecule has 108 valence electrons. The van der Waals surface area contributed by atoms with Crippen molar-refractivity contribution in [2.45, 2.75) is 13.0 Å². The van der Waals surface area contributed by atoms with Gasteiger partial charge in [0.1, 0.15) is 0 Å². The van der Waals surface area contributed by atoms with Crippen LogP contribution >= 0.6 is 0 Å². The van der Waals surface area contributed by atoms with Crippen molar-refractivity contribution in [1.29, 1.82) is 0 Å². The lowest BCUT2D eigenvalue weighted by Gasteiger charge is -2.26. The average Bonchev–Trinajstić information content (AvgIpc) is 2.97. The lowest BCUT2D eigenvalue weighted by molar-refractivity contribution is 0.279. The van der Waals surface area contributed by atoms with Gasteiger partial charge in [-0.15, -0.1) is 0 Å². The van der Waals surface area contributed by atoms with Crippen LogP contribution in [0.3, 0.4) is 0 Å². The Labute approximate surface area is 123 Å². The summed E-state index contributed by atoms with van der Waals surface area (Å²) >= 11 is 0. The van der Waals surface area contributed by atoms with E-state index in [1.807, 2.05) is 29.0 Å². The predicted molar refractivity (Wildman–Crippen MR) is 79.5 cm³/mol. The Hall–Kier alpha value is -1.96. The Morgan fingerprint density at radius 2 is 1.95 bits per heavy atom. The first kappa shape index (κ1) is 14.0. The molecular weight excluding hydrogens is 267 g/mol. The summed E-state index contributed by atoms with van der Waals surface area (Å²) in [6.07, 6.45) is 7.86. The molecule has 3 rings (SSSR count). The van der Waals surface area contributed by atoms with Gasteiger partial charge in [-0.25, -0.2) is 4.68 Å². The van der Waals surface area contributed by atoms with Crippen molar-refractivity contribution in [1.82, 2.24) is 19.7 Å². The number of pyridine rings is 1. The third-order valence-corrected chi connectivity index (χ3v) is 3.67. The van der Waals surface area contributed by atoms with E-state index >= 15 is 0 Å². The van der Waals surface area contributed by atoms with Crippen LogP contribution in [0.1, 0.15) is 12.1 Å².